The molecule has 0 unspecified atom stereocenters. The molecule has 0 spiro atoms. The van der Waals surface area contributed by atoms with Crippen molar-refractivity contribution in [3.8, 4) is 0 Å². The molecule has 144 valence electrons. The number of benzene rings is 1. The summed E-state index contributed by atoms with van der Waals surface area (Å²) in [7, 11) is 6.81. The van der Waals surface area contributed by atoms with Crippen molar-refractivity contribution in [2.75, 3.05) is 0 Å². The van der Waals surface area contributed by atoms with Crippen LogP contribution in [0.4, 0.5) is 0 Å². The summed E-state index contributed by atoms with van der Waals surface area (Å²) < 4.78 is 9.23. The molecule has 0 aliphatic carbocycles. The summed E-state index contributed by atoms with van der Waals surface area (Å²) in [6.45, 7) is 1.00. The number of rotatable bonds is 2. The van der Waals surface area contributed by atoms with Crippen molar-refractivity contribution in [2.24, 2.45) is 28.2 Å². The zero-order chi connectivity index (χ0) is 19.6. The van der Waals surface area contributed by atoms with Gasteiger partial charge in [-0.1, -0.05) is 30.3 Å². The summed E-state index contributed by atoms with van der Waals surface area (Å²) in [4.78, 5) is 23.8. The molecule has 0 bridgehead atoms. The Morgan fingerprint density at radius 1 is 0.923 bits per heavy atom. The molecule has 10 heteroatoms. The minimum Gasteiger partial charge on any atom is -0.184 e. The van der Waals surface area contributed by atoms with Crippen LogP contribution in [0.3, 0.4) is 0 Å². The number of aromatic nitrogens is 4. The van der Waals surface area contributed by atoms with Crippen molar-refractivity contribution in [2.45, 2.75) is 6.54 Å². The fourth-order valence-electron chi connectivity index (χ4n) is 2.61. The molecule has 0 radical (unpaired) electrons. The fourth-order valence-corrected chi connectivity index (χ4v) is 3.89. The van der Waals surface area contributed by atoms with Gasteiger partial charge in [0, 0.05) is 52.3 Å². The second-order valence-corrected chi connectivity index (χ2v) is 10.9. The summed E-state index contributed by atoms with van der Waals surface area (Å²) in [6.07, 6.45) is 0. The van der Waals surface area contributed by atoms with Gasteiger partial charge in [0.1, 0.15) is 0 Å². The molecule has 0 aliphatic rings. The van der Waals surface area contributed by atoms with Gasteiger partial charge in [0.05, 0.1) is 0 Å². The van der Waals surface area contributed by atoms with Crippen LogP contribution < -0.4 is 11.2 Å². The van der Waals surface area contributed by atoms with Crippen molar-refractivity contribution in [3.05, 3.63) is 60.5 Å². The Bertz CT molecular complexity index is 1100. The van der Waals surface area contributed by atoms with Crippen molar-refractivity contribution >= 4 is 56.9 Å². The van der Waals surface area contributed by atoms with E-state index in [1.54, 1.807) is 11.6 Å². The van der Waals surface area contributed by atoms with Crippen LogP contribution in [0.25, 0.3) is 11.2 Å². The van der Waals surface area contributed by atoms with Crippen LogP contribution in [-0.2, 0) is 54.1 Å². The third kappa shape index (κ3) is 4.48. The predicted molar refractivity (Wildman–Crippen MR) is 116 cm³/mol. The van der Waals surface area contributed by atoms with Crippen LogP contribution in [0, 0.1) is 3.80 Å². The average molecular weight is 762 g/mol. The van der Waals surface area contributed by atoms with E-state index in [2.05, 4.69) is 90.7 Å². The summed E-state index contributed by atoms with van der Waals surface area (Å²) in [6, 6.07) is 10.4. The normalized spacial score (nSPS) is 11.0. The maximum Gasteiger partial charge on any atom is 0.0435 e. The number of fused-ring (bicyclic) bond motifs is 1. The molecule has 26 heavy (non-hydrogen) atoms. The maximum absolute atomic E-state index is 12.0. The van der Waals surface area contributed by atoms with Crippen LogP contribution in [0.5, 0.6) is 0 Å². The molecular formula is C16H19I2N5O2Pt. The molecule has 1 aromatic carbocycles. The minimum atomic E-state index is -0.310. The van der Waals surface area contributed by atoms with Gasteiger partial charge in [-0.05, 0) is 5.56 Å². The Morgan fingerprint density at radius 3 is 2.04 bits per heavy atom. The molecule has 7 nitrogen and oxygen atoms in total. The van der Waals surface area contributed by atoms with Gasteiger partial charge in [-0.15, -0.1) is 0 Å². The first kappa shape index (κ1) is 21.8. The number of hydrogen-bond acceptors (Lipinski definition) is 3. The third-order valence-corrected chi connectivity index (χ3v) is 6.13. The maximum atomic E-state index is 12.0. The van der Waals surface area contributed by atoms with Crippen LogP contribution in [0.15, 0.2) is 39.9 Å². The van der Waals surface area contributed by atoms with E-state index in [1.807, 2.05) is 24.7 Å². The molecule has 2 heterocycles. The van der Waals surface area contributed by atoms with Gasteiger partial charge in [0.25, 0.3) is 0 Å². The second-order valence-electron chi connectivity index (χ2n) is 5.68. The molecule has 2 aromatic heterocycles. The van der Waals surface area contributed by atoms with E-state index in [4.69, 9.17) is 0 Å². The number of imidazole rings is 1. The molecule has 0 amide bonds. The topological polar surface area (TPSA) is 57.1 Å². The average Bonchev–Trinajstić information content (AvgIpc) is 2.83. The van der Waals surface area contributed by atoms with E-state index in [-0.39, 0.29) is 11.2 Å². The molecule has 0 atom stereocenters. The zero-order valence-electron chi connectivity index (χ0n) is 14.7. The van der Waals surface area contributed by atoms with Crippen molar-refractivity contribution in [3.63, 3.8) is 0 Å². The second kappa shape index (κ2) is 9.11. The number of nitrogens with zero attached hydrogens (tertiary/aromatic N) is 5. The number of hydrogen-bond donors (Lipinski definition) is 0. The third-order valence-electron chi connectivity index (χ3n) is 3.92. The summed E-state index contributed by atoms with van der Waals surface area (Å²) in [5.41, 5.74) is 1.96. The van der Waals surface area contributed by atoms with Gasteiger partial charge in [-0.2, -0.15) is 1.33 Å². The van der Waals surface area contributed by atoms with Gasteiger partial charge in [-0.3, -0.25) is 0 Å². The molecule has 0 aliphatic heterocycles. The summed E-state index contributed by atoms with van der Waals surface area (Å²) >= 11 is 6.66. The van der Waals surface area contributed by atoms with Crippen molar-refractivity contribution < 1.29 is 19.4 Å². The largest absolute Gasteiger partial charge is 0.184 e. The SMILES string of the molecule is Cn1c(=O)c2c(n(C)c1=O)n(C)[c](=[Pt])n2C.IN(I)Cc1ccccc1. The molecule has 0 fully saturated rings. The molecule has 3 rings (SSSR count). The Kier molecular flexibility index (Phi) is 7.63. The first-order valence-corrected chi connectivity index (χ1v) is 10.6. The Balaban J connectivity index is 0.000000209. The van der Waals surface area contributed by atoms with E-state index < -0.39 is 0 Å². The zero-order valence-corrected chi connectivity index (χ0v) is 21.3. The van der Waals surface area contributed by atoms with Gasteiger partial charge in [0.2, 0.25) is 0 Å². The predicted octanol–water partition coefficient (Wildman–Crippen LogP) is 2.18. The first-order chi connectivity index (χ1) is 12.2. The fraction of sp³-hybridized carbons (Fsp3) is 0.312. The number of aryl methyl sites for hydroxylation is 3. The quantitative estimate of drug-likeness (QED) is 0.298. The summed E-state index contributed by atoms with van der Waals surface area (Å²) in [5, 5.41) is 0. The van der Waals surface area contributed by atoms with Gasteiger partial charge >= 0.3 is 102 Å². The summed E-state index contributed by atoms with van der Waals surface area (Å²) in [5.74, 6) is 0. The van der Waals surface area contributed by atoms with Crippen LogP contribution >= 0.6 is 45.7 Å². The van der Waals surface area contributed by atoms with Gasteiger partial charge in [0.15, 0.2) is 0 Å². The smallest absolute Gasteiger partial charge is 0.0435 e. The Labute approximate surface area is 189 Å². The van der Waals surface area contributed by atoms with Crippen molar-refractivity contribution in [1.29, 1.82) is 0 Å². The molecule has 3 aromatic rings. The molecule has 0 saturated heterocycles. The van der Waals surface area contributed by atoms with Gasteiger partial charge in [-0.25, -0.2) is 0 Å². The van der Waals surface area contributed by atoms with Crippen LogP contribution in [0.1, 0.15) is 5.56 Å². The van der Waals surface area contributed by atoms with E-state index in [1.165, 1.54) is 17.2 Å². The van der Waals surface area contributed by atoms with E-state index in [0.29, 0.717) is 11.2 Å². The van der Waals surface area contributed by atoms with Gasteiger partial charge < -0.3 is 0 Å². The van der Waals surface area contributed by atoms with Crippen LogP contribution in [-0.4, -0.2) is 19.6 Å². The standard InChI is InChI=1S/C9H12N4O2.C7H7I2N.Pt/c1-10-5-11(2)7-6(10)8(14)13(4)9(15)12(7)3;8-10(9)6-7-4-2-1-3-5-7;/h1-4H3;1-5H,6H2;. The first-order valence-electron chi connectivity index (χ1n) is 7.56. The van der Waals surface area contributed by atoms with E-state index >= 15 is 0 Å². The Morgan fingerprint density at radius 2 is 1.50 bits per heavy atom. The Hall–Kier alpha value is -0.522. The van der Waals surface area contributed by atoms with Crippen LogP contribution in [0.2, 0.25) is 0 Å². The molecule has 0 saturated carbocycles. The van der Waals surface area contributed by atoms with E-state index in [0.717, 1.165) is 14.9 Å². The monoisotopic (exact) mass is 762 g/mol. The molecular weight excluding hydrogens is 743 g/mol. The van der Waals surface area contributed by atoms with Crippen molar-refractivity contribution in [1.82, 2.24) is 19.6 Å². The van der Waals surface area contributed by atoms with E-state index in [9.17, 15) is 9.59 Å². The molecule has 0 N–H and O–H groups in total. The number of halogens is 2. The minimum absolute atomic E-state index is 0.264.